The van der Waals surface area contributed by atoms with Crippen LogP contribution in [-0.4, -0.2) is 22.5 Å². The van der Waals surface area contributed by atoms with Crippen molar-refractivity contribution in [2.24, 2.45) is 0 Å². The van der Waals surface area contributed by atoms with Crippen molar-refractivity contribution in [3.63, 3.8) is 0 Å². The van der Waals surface area contributed by atoms with Gasteiger partial charge in [-0.3, -0.25) is 9.12 Å². The Morgan fingerprint density at radius 1 is 1.05 bits per heavy atom. The van der Waals surface area contributed by atoms with E-state index in [1.807, 2.05) is 34.9 Å². The Morgan fingerprint density at radius 3 is 2.40 bits per heavy atom. The van der Waals surface area contributed by atoms with Gasteiger partial charge in [0.2, 0.25) is 0 Å². The zero-order valence-electron chi connectivity index (χ0n) is 10.2. The highest BCUT2D eigenvalue weighted by Crippen LogP contribution is 2.21. The van der Waals surface area contributed by atoms with Crippen LogP contribution < -0.4 is 0 Å². The molecule has 0 amide bonds. The first-order valence-corrected chi connectivity index (χ1v) is 7.00. The number of fused-ring (bicyclic) bond motifs is 1. The summed E-state index contributed by atoms with van der Waals surface area (Å²) in [6, 6.07) is 13.9. The van der Waals surface area contributed by atoms with Crippen molar-refractivity contribution < 1.29 is 13.0 Å². The summed E-state index contributed by atoms with van der Waals surface area (Å²) in [5.74, 6) is 0. The predicted octanol–water partition coefficient (Wildman–Crippen LogP) is 2.69. The lowest BCUT2D eigenvalue weighted by Gasteiger charge is -2.03. The van der Waals surface area contributed by atoms with Gasteiger partial charge in [0.15, 0.2) is 0 Å². The highest BCUT2D eigenvalue weighted by molar-refractivity contribution is 7.85. The van der Waals surface area contributed by atoms with E-state index in [9.17, 15) is 8.42 Å². The number of nitrogens with zero attached hydrogens (tertiary/aromatic N) is 2. The molecule has 3 aromatic rings. The third kappa shape index (κ3) is 2.53. The standard InChI is InChI=1S/C13H10N2O3S.ClH/c16-19(17,18)11-6-7-13-12(8-11)14-9-15(13)10-4-2-1-3-5-10;/h1-9H,(H,16,17,18);1H. The van der Waals surface area contributed by atoms with E-state index in [1.165, 1.54) is 12.1 Å². The largest absolute Gasteiger partial charge is 0.299 e. The molecule has 0 atom stereocenters. The number of imidazole rings is 1. The molecule has 0 saturated heterocycles. The first-order chi connectivity index (χ1) is 9.05. The van der Waals surface area contributed by atoms with Crippen LogP contribution in [-0.2, 0) is 10.1 Å². The van der Waals surface area contributed by atoms with Crippen LogP contribution in [0.2, 0.25) is 0 Å². The Kier molecular flexibility index (Phi) is 3.80. The SMILES string of the molecule is Cl.O=S(=O)(O)c1ccc2c(c1)ncn2-c1ccccc1. The second kappa shape index (κ2) is 5.24. The van der Waals surface area contributed by atoms with Gasteiger partial charge in [-0.2, -0.15) is 8.42 Å². The summed E-state index contributed by atoms with van der Waals surface area (Å²) in [6.45, 7) is 0. The molecule has 20 heavy (non-hydrogen) atoms. The summed E-state index contributed by atoms with van der Waals surface area (Å²) in [5, 5.41) is 0. The Balaban J connectivity index is 0.00000147. The van der Waals surface area contributed by atoms with Gasteiger partial charge in [-0.15, -0.1) is 12.4 Å². The topological polar surface area (TPSA) is 72.2 Å². The molecule has 0 radical (unpaired) electrons. The fraction of sp³-hybridized carbons (Fsp3) is 0. The Hall–Kier alpha value is -1.89. The van der Waals surface area contributed by atoms with Crippen LogP contribution >= 0.6 is 12.4 Å². The summed E-state index contributed by atoms with van der Waals surface area (Å²) >= 11 is 0. The smallest absolute Gasteiger partial charge is 0.294 e. The highest BCUT2D eigenvalue weighted by atomic mass is 35.5. The van der Waals surface area contributed by atoms with Crippen LogP contribution in [0.5, 0.6) is 0 Å². The number of rotatable bonds is 2. The zero-order valence-corrected chi connectivity index (χ0v) is 11.8. The van der Waals surface area contributed by atoms with Crippen molar-refractivity contribution in [1.82, 2.24) is 9.55 Å². The first kappa shape index (κ1) is 14.5. The Bertz CT molecular complexity index is 844. The number of aromatic nitrogens is 2. The molecule has 5 nitrogen and oxygen atoms in total. The van der Waals surface area contributed by atoms with E-state index in [1.54, 1.807) is 12.4 Å². The lowest BCUT2D eigenvalue weighted by molar-refractivity contribution is 0.483. The monoisotopic (exact) mass is 310 g/mol. The normalized spacial score (nSPS) is 11.2. The number of para-hydroxylation sites is 1. The van der Waals surface area contributed by atoms with Gasteiger partial charge in [-0.25, -0.2) is 4.98 Å². The fourth-order valence-electron chi connectivity index (χ4n) is 1.95. The molecular weight excluding hydrogens is 300 g/mol. The second-order valence-corrected chi connectivity index (χ2v) is 5.50. The van der Waals surface area contributed by atoms with E-state index >= 15 is 0 Å². The lowest BCUT2D eigenvalue weighted by Crippen LogP contribution is -1.98. The van der Waals surface area contributed by atoms with E-state index < -0.39 is 10.1 Å². The molecule has 0 unspecified atom stereocenters. The molecule has 0 spiro atoms. The molecule has 1 heterocycles. The van der Waals surface area contributed by atoms with Gasteiger partial charge in [-0.1, -0.05) is 18.2 Å². The molecule has 2 aromatic carbocycles. The summed E-state index contributed by atoms with van der Waals surface area (Å²) in [6.07, 6.45) is 1.62. The predicted molar refractivity (Wildman–Crippen MR) is 78.1 cm³/mol. The van der Waals surface area contributed by atoms with Crippen molar-refractivity contribution >= 4 is 33.6 Å². The number of halogens is 1. The average Bonchev–Trinajstić information content (AvgIpc) is 2.81. The summed E-state index contributed by atoms with van der Waals surface area (Å²) in [4.78, 5) is 4.00. The summed E-state index contributed by atoms with van der Waals surface area (Å²) < 4.78 is 33.0. The van der Waals surface area contributed by atoms with Gasteiger partial charge in [0.05, 0.1) is 15.9 Å². The number of hydrogen-bond acceptors (Lipinski definition) is 3. The maximum Gasteiger partial charge on any atom is 0.294 e. The van der Waals surface area contributed by atoms with Crippen LogP contribution in [0, 0.1) is 0 Å². The molecule has 7 heteroatoms. The van der Waals surface area contributed by atoms with E-state index in [4.69, 9.17) is 4.55 Å². The molecule has 104 valence electrons. The lowest BCUT2D eigenvalue weighted by atomic mass is 10.3. The van der Waals surface area contributed by atoms with Crippen molar-refractivity contribution in [2.75, 3.05) is 0 Å². The van der Waals surface area contributed by atoms with Gasteiger partial charge < -0.3 is 0 Å². The molecule has 0 bridgehead atoms. The molecule has 0 aliphatic heterocycles. The molecule has 1 N–H and O–H groups in total. The molecule has 0 aliphatic rings. The maximum absolute atomic E-state index is 11.1. The molecule has 0 aliphatic carbocycles. The minimum atomic E-state index is -4.20. The van der Waals surface area contributed by atoms with Crippen LogP contribution in [0.1, 0.15) is 0 Å². The van der Waals surface area contributed by atoms with E-state index in [-0.39, 0.29) is 17.3 Å². The average molecular weight is 311 g/mol. The van der Waals surface area contributed by atoms with Crippen molar-refractivity contribution in [3.05, 3.63) is 54.9 Å². The van der Waals surface area contributed by atoms with E-state index in [0.29, 0.717) is 5.52 Å². The van der Waals surface area contributed by atoms with Crippen LogP contribution in [0.25, 0.3) is 16.7 Å². The minimum Gasteiger partial charge on any atom is -0.299 e. The van der Waals surface area contributed by atoms with Gasteiger partial charge in [-0.05, 0) is 30.3 Å². The molecule has 0 fully saturated rings. The molecule has 0 saturated carbocycles. The highest BCUT2D eigenvalue weighted by Gasteiger charge is 2.12. The van der Waals surface area contributed by atoms with E-state index in [2.05, 4.69) is 4.98 Å². The van der Waals surface area contributed by atoms with Gasteiger partial charge in [0, 0.05) is 5.69 Å². The quantitative estimate of drug-likeness (QED) is 0.739. The number of hydrogen-bond donors (Lipinski definition) is 1. The summed E-state index contributed by atoms with van der Waals surface area (Å²) in [7, 11) is -4.20. The molecular formula is C13H11ClN2O3S. The van der Waals surface area contributed by atoms with Crippen LogP contribution in [0.4, 0.5) is 0 Å². The van der Waals surface area contributed by atoms with E-state index in [0.717, 1.165) is 11.2 Å². The van der Waals surface area contributed by atoms with Crippen molar-refractivity contribution in [2.45, 2.75) is 4.90 Å². The fourth-order valence-corrected chi connectivity index (χ4v) is 2.45. The van der Waals surface area contributed by atoms with Gasteiger partial charge in [0.1, 0.15) is 6.33 Å². The van der Waals surface area contributed by atoms with Gasteiger partial charge >= 0.3 is 0 Å². The van der Waals surface area contributed by atoms with Gasteiger partial charge in [0.25, 0.3) is 10.1 Å². The Labute approximate surface area is 122 Å². The third-order valence-electron chi connectivity index (χ3n) is 2.85. The van der Waals surface area contributed by atoms with Crippen LogP contribution in [0.15, 0.2) is 59.8 Å². The summed E-state index contributed by atoms with van der Waals surface area (Å²) in [5.41, 5.74) is 2.22. The molecule has 1 aromatic heterocycles. The first-order valence-electron chi connectivity index (χ1n) is 5.56. The third-order valence-corrected chi connectivity index (χ3v) is 3.70. The van der Waals surface area contributed by atoms with Crippen molar-refractivity contribution in [3.8, 4) is 5.69 Å². The van der Waals surface area contributed by atoms with Crippen molar-refractivity contribution in [1.29, 1.82) is 0 Å². The Morgan fingerprint density at radius 2 is 1.75 bits per heavy atom. The number of benzene rings is 2. The minimum absolute atomic E-state index is 0. The van der Waals surface area contributed by atoms with Crippen LogP contribution in [0.3, 0.4) is 0 Å². The maximum atomic E-state index is 11.1. The zero-order chi connectivity index (χ0) is 13.5. The molecule has 3 rings (SSSR count). The second-order valence-electron chi connectivity index (χ2n) is 4.08.